The SMILES string of the molecule is COC(=O)c1c(N)nc2ncccc2c1-c1cccc(OC)c1O. The lowest BCUT2D eigenvalue weighted by Crippen LogP contribution is -2.10. The number of phenols is 1. The van der Waals surface area contributed by atoms with E-state index in [9.17, 15) is 9.90 Å². The van der Waals surface area contributed by atoms with E-state index in [2.05, 4.69) is 9.97 Å². The summed E-state index contributed by atoms with van der Waals surface area (Å²) in [6, 6.07) is 8.43. The number of nitrogen functional groups attached to an aromatic ring is 1. The van der Waals surface area contributed by atoms with Crippen LogP contribution in [0.25, 0.3) is 22.2 Å². The number of hydrogen-bond acceptors (Lipinski definition) is 7. The summed E-state index contributed by atoms with van der Waals surface area (Å²) in [5, 5.41) is 11.1. The monoisotopic (exact) mass is 325 g/mol. The van der Waals surface area contributed by atoms with Gasteiger partial charge in [0.1, 0.15) is 11.4 Å². The third-order valence-corrected chi connectivity index (χ3v) is 3.67. The molecule has 0 unspecified atom stereocenters. The molecule has 7 nitrogen and oxygen atoms in total. The lowest BCUT2D eigenvalue weighted by atomic mass is 9.95. The topological polar surface area (TPSA) is 108 Å². The van der Waals surface area contributed by atoms with Crippen LogP contribution in [0.4, 0.5) is 5.82 Å². The Morgan fingerprint density at radius 2 is 2.00 bits per heavy atom. The normalized spacial score (nSPS) is 10.6. The first kappa shape index (κ1) is 15.5. The number of carbonyl (C=O) groups is 1. The minimum Gasteiger partial charge on any atom is -0.504 e. The highest BCUT2D eigenvalue weighted by molar-refractivity contribution is 6.10. The number of esters is 1. The van der Waals surface area contributed by atoms with Gasteiger partial charge < -0.3 is 20.3 Å². The Labute approximate surface area is 137 Å². The van der Waals surface area contributed by atoms with Crippen LogP contribution in [0.3, 0.4) is 0 Å². The Kier molecular flexibility index (Phi) is 3.91. The molecule has 122 valence electrons. The second-order valence-electron chi connectivity index (χ2n) is 4.97. The zero-order chi connectivity index (χ0) is 17.3. The first-order valence-electron chi connectivity index (χ1n) is 7.07. The number of aromatic hydroxyl groups is 1. The van der Waals surface area contributed by atoms with Crippen LogP contribution in [0.5, 0.6) is 11.5 Å². The van der Waals surface area contributed by atoms with Gasteiger partial charge >= 0.3 is 5.97 Å². The Morgan fingerprint density at radius 1 is 1.21 bits per heavy atom. The van der Waals surface area contributed by atoms with Crippen molar-refractivity contribution in [1.29, 1.82) is 0 Å². The van der Waals surface area contributed by atoms with Gasteiger partial charge in [0.15, 0.2) is 17.1 Å². The lowest BCUT2D eigenvalue weighted by molar-refractivity contribution is 0.0602. The van der Waals surface area contributed by atoms with Gasteiger partial charge in [-0.25, -0.2) is 14.8 Å². The van der Waals surface area contributed by atoms with Crippen LogP contribution in [-0.2, 0) is 4.74 Å². The minimum absolute atomic E-state index is 0.0229. The molecule has 0 radical (unpaired) electrons. The molecule has 0 aliphatic carbocycles. The van der Waals surface area contributed by atoms with Crippen molar-refractivity contribution >= 4 is 22.8 Å². The summed E-state index contributed by atoms with van der Waals surface area (Å²) in [5.74, 6) is -0.509. The van der Waals surface area contributed by atoms with Gasteiger partial charge in [0.2, 0.25) is 0 Å². The van der Waals surface area contributed by atoms with Crippen molar-refractivity contribution in [2.75, 3.05) is 20.0 Å². The summed E-state index contributed by atoms with van der Waals surface area (Å²) in [4.78, 5) is 20.6. The van der Waals surface area contributed by atoms with Gasteiger partial charge in [0, 0.05) is 22.7 Å². The maximum absolute atomic E-state index is 12.3. The van der Waals surface area contributed by atoms with Crippen LogP contribution >= 0.6 is 0 Å². The van der Waals surface area contributed by atoms with Crippen molar-refractivity contribution in [2.45, 2.75) is 0 Å². The molecule has 3 N–H and O–H groups in total. The molecule has 0 bridgehead atoms. The fraction of sp³-hybridized carbons (Fsp3) is 0.118. The second-order valence-corrected chi connectivity index (χ2v) is 4.97. The predicted octanol–water partition coefficient (Wildman–Crippen LogP) is 2.38. The number of phenolic OH excluding ortho intramolecular Hbond substituents is 1. The Morgan fingerprint density at radius 3 is 2.71 bits per heavy atom. The van der Waals surface area contributed by atoms with Crippen molar-refractivity contribution in [3.8, 4) is 22.6 Å². The molecule has 0 aliphatic heterocycles. The van der Waals surface area contributed by atoms with Crippen LogP contribution in [0.1, 0.15) is 10.4 Å². The van der Waals surface area contributed by atoms with Gasteiger partial charge in [-0.15, -0.1) is 0 Å². The molecule has 1 aromatic carbocycles. The smallest absolute Gasteiger partial charge is 0.342 e. The maximum Gasteiger partial charge on any atom is 0.342 e. The number of benzene rings is 1. The van der Waals surface area contributed by atoms with Crippen molar-refractivity contribution < 1.29 is 19.4 Å². The number of nitrogens with zero attached hydrogens (tertiary/aromatic N) is 2. The number of rotatable bonds is 3. The van der Waals surface area contributed by atoms with E-state index in [4.69, 9.17) is 15.2 Å². The van der Waals surface area contributed by atoms with Gasteiger partial charge in [0.25, 0.3) is 0 Å². The molecule has 0 aliphatic rings. The van der Waals surface area contributed by atoms with Crippen molar-refractivity contribution in [2.24, 2.45) is 0 Å². The van der Waals surface area contributed by atoms with Gasteiger partial charge in [-0.05, 0) is 18.2 Å². The average Bonchev–Trinajstić information content (AvgIpc) is 2.60. The molecule has 24 heavy (non-hydrogen) atoms. The molecular formula is C17H15N3O4. The summed E-state index contributed by atoms with van der Waals surface area (Å²) in [7, 11) is 2.70. The van der Waals surface area contributed by atoms with Crippen LogP contribution in [0, 0.1) is 0 Å². The quantitative estimate of drug-likeness (QED) is 0.712. The van der Waals surface area contributed by atoms with E-state index in [1.54, 1.807) is 36.5 Å². The van der Waals surface area contributed by atoms with Gasteiger partial charge in [0.05, 0.1) is 14.2 Å². The number of nitrogens with two attached hydrogens (primary N) is 1. The Bertz CT molecular complexity index is 941. The summed E-state index contributed by atoms with van der Waals surface area (Å²) in [6.07, 6.45) is 1.57. The second kappa shape index (κ2) is 6.04. The van der Waals surface area contributed by atoms with Crippen molar-refractivity contribution in [1.82, 2.24) is 9.97 Å². The average molecular weight is 325 g/mol. The zero-order valence-electron chi connectivity index (χ0n) is 13.1. The summed E-state index contributed by atoms with van der Waals surface area (Å²) < 4.78 is 9.98. The highest BCUT2D eigenvalue weighted by atomic mass is 16.5. The van der Waals surface area contributed by atoms with E-state index in [1.807, 2.05) is 0 Å². The molecule has 0 atom stereocenters. The molecule has 0 spiro atoms. The molecule has 3 aromatic rings. The lowest BCUT2D eigenvalue weighted by Gasteiger charge is -2.15. The number of methoxy groups -OCH3 is 2. The number of aromatic nitrogens is 2. The number of pyridine rings is 2. The highest BCUT2D eigenvalue weighted by Gasteiger charge is 2.24. The van der Waals surface area contributed by atoms with Crippen molar-refractivity contribution in [3.63, 3.8) is 0 Å². The standard InChI is InChI=1S/C17H15N3O4/c1-23-11-7-3-5-9(14(11)21)12-10-6-4-8-19-16(10)20-15(18)13(12)17(22)24-2/h3-8,21H,1-2H3,(H2,18,19,20). The number of ether oxygens (including phenoxy) is 2. The van der Waals surface area contributed by atoms with E-state index < -0.39 is 5.97 Å². The van der Waals surface area contributed by atoms with Gasteiger partial charge in [-0.1, -0.05) is 12.1 Å². The van der Waals surface area contributed by atoms with Crippen LogP contribution in [0.15, 0.2) is 36.5 Å². The minimum atomic E-state index is -0.650. The number of para-hydroxylation sites is 1. The van der Waals surface area contributed by atoms with Crippen LogP contribution in [-0.4, -0.2) is 35.3 Å². The van der Waals surface area contributed by atoms with Crippen LogP contribution < -0.4 is 10.5 Å². The third-order valence-electron chi connectivity index (χ3n) is 3.67. The van der Waals surface area contributed by atoms with E-state index in [-0.39, 0.29) is 22.9 Å². The number of anilines is 1. The molecule has 3 rings (SSSR count). The molecule has 2 aromatic heterocycles. The molecule has 2 heterocycles. The van der Waals surface area contributed by atoms with E-state index >= 15 is 0 Å². The molecule has 0 fully saturated rings. The Hall–Kier alpha value is -3.35. The fourth-order valence-electron chi connectivity index (χ4n) is 2.59. The molecular weight excluding hydrogens is 310 g/mol. The highest BCUT2D eigenvalue weighted by Crippen LogP contribution is 2.42. The van der Waals surface area contributed by atoms with Gasteiger partial charge in [-0.2, -0.15) is 0 Å². The van der Waals surface area contributed by atoms with Crippen molar-refractivity contribution in [3.05, 3.63) is 42.1 Å². The van der Waals surface area contributed by atoms with Crippen LogP contribution in [0.2, 0.25) is 0 Å². The molecule has 0 amide bonds. The number of fused-ring (bicyclic) bond motifs is 1. The van der Waals surface area contributed by atoms with E-state index in [0.717, 1.165) is 0 Å². The van der Waals surface area contributed by atoms with E-state index in [1.165, 1.54) is 14.2 Å². The maximum atomic E-state index is 12.3. The molecule has 7 heteroatoms. The summed E-state index contributed by atoms with van der Waals surface area (Å²) >= 11 is 0. The van der Waals surface area contributed by atoms with E-state index in [0.29, 0.717) is 22.2 Å². The molecule has 0 saturated heterocycles. The molecule has 0 saturated carbocycles. The largest absolute Gasteiger partial charge is 0.504 e. The fourth-order valence-corrected chi connectivity index (χ4v) is 2.59. The zero-order valence-corrected chi connectivity index (χ0v) is 13.1. The summed E-state index contributed by atoms with van der Waals surface area (Å²) in [6.45, 7) is 0. The first-order valence-corrected chi connectivity index (χ1v) is 7.07. The van der Waals surface area contributed by atoms with Gasteiger partial charge in [-0.3, -0.25) is 0 Å². The number of carbonyl (C=O) groups excluding carboxylic acids is 1. The summed E-state index contributed by atoms with van der Waals surface area (Å²) in [5.41, 5.74) is 7.16. The third kappa shape index (κ3) is 2.36. The first-order chi connectivity index (χ1) is 11.6. The predicted molar refractivity (Wildman–Crippen MR) is 88.9 cm³/mol. The Balaban J connectivity index is 2.47. The number of hydrogen-bond donors (Lipinski definition) is 2.